The number of rotatable bonds is 2. The molecule has 0 amide bonds. The number of methoxy groups -OCH3 is 1. The van der Waals surface area contributed by atoms with Crippen LogP contribution in [0.25, 0.3) is 0 Å². The smallest absolute Gasteiger partial charge is 0.226 e. The molecule has 4 nitrogen and oxygen atoms in total. The van der Waals surface area contributed by atoms with Crippen LogP contribution in [0.1, 0.15) is 27.2 Å². The van der Waals surface area contributed by atoms with Crippen LogP contribution in [-0.4, -0.2) is 37.5 Å². The van der Waals surface area contributed by atoms with E-state index in [1.165, 1.54) is 0 Å². The average molecular weight is 213 g/mol. The van der Waals surface area contributed by atoms with Crippen LogP contribution in [0, 0.1) is 5.92 Å². The summed E-state index contributed by atoms with van der Waals surface area (Å²) in [5, 5.41) is 0. The summed E-state index contributed by atoms with van der Waals surface area (Å²) in [5.41, 5.74) is 0. The first kappa shape index (κ1) is 10.9. The van der Waals surface area contributed by atoms with Gasteiger partial charge in [-0.05, 0) is 6.42 Å². The lowest BCUT2D eigenvalue weighted by molar-refractivity contribution is -0.209. The van der Waals surface area contributed by atoms with Gasteiger partial charge < -0.3 is 14.2 Å². The Labute approximate surface area is 90.6 Å². The molecule has 1 fully saturated rings. The second-order valence-corrected chi connectivity index (χ2v) is 4.27. The van der Waals surface area contributed by atoms with Crippen molar-refractivity contribution in [1.29, 1.82) is 0 Å². The fourth-order valence-corrected chi connectivity index (χ4v) is 2.52. The van der Waals surface area contributed by atoms with Crippen molar-refractivity contribution in [2.24, 2.45) is 10.9 Å². The van der Waals surface area contributed by atoms with Crippen LogP contribution >= 0.6 is 0 Å². The van der Waals surface area contributed by atoms with Crippen LogP contribution in [0.5, 0.6) is 0 Å². The van der Waals surface area contributed by atoms with Crippen molar-refractivity contribution in [3.63, 3.8) is 0 Å². The molecule has 4 heteroatoms. The molecule has 0 aliphatic carbocycles. The molecule has 0 bridgehead atoms. The molecule has 0 aromatic carbocycles. The summed E-state index contributed by atoms with van der Waals surface area (Å²) in [7, 11) is 1.74. The molecule has 1 saturated heterocycles. The Balaban J connectivity index is 2.17. The van der Waals surface area contributed by atoms with Crippen LogP contribution in [0.4, 0.5) is 0 Å². The zero-order valence-electron chi connectivity index (χ0n) is 9.77. The number of hydrogen-bond donors (Lipinski definition) is 0. The van der Waals surface area contributed by atoms with Crippen molar-refractivity contribution in [3.05, 3.63) is 0 Å². The van der Waals surface area contributed by atoms with E-state index in [4.69, 9.17) is 14.2 Å². The fraction of sp³-hybridized carbons (Fsp3) is 0.909. The predicted molar refractivity (Wildman–Crippen MR) is 56.9 cm³/mol. The molecule has 15 heavy (non-hydrogen) atoms. The highest BCUT2D eigenvalue weighted by molar-refractivity contribution is 5.75. The lowest BCUT2D eigenvalue weighted by Crippen LogP contribution is -2.52. The molecule has 86 valence electrons. The normalized spacial score (nSPS) is 44.5. The minimum atomic E-state index is -0.240. The molecule has 5 unspecified atom stereocenters. The molecular formula is C11H19NO3. The van der Waals surface area contributed by atoms with E-state index in [-0.39, 0.29) is 24.5 Å². The molecule has 2 rings (SSSR count). The maximum absolute atomic E-state index is 5.86. The fourth-order valence-electron chi connectivity index (χ4n) is 2.52. The van der Waals surface area contributed by atoms with Crippen molar-refractivity contribution >= 4 is 5.90 Å². The first-order valence-corrected chi connectivity index (χ1v) is 5.56. The monoisotopic (exact) mass is 213 g/mol. The zero-order chi connectivity index (χ0) is 11.0. The lowest BCUT2D eigenvalue weighted by atomic mass is 9.88. The lowest BCUT2D eigenvalue weighted by Gasteiger charge is -2.40. The zero-order valence-corrected chi connectivity index (χ0v) is 9.77. The number of aliphatic imine (C=N–C) groups is 1. The number of nitrogens with zero attached hydrogens (tertiary/aromatic N) is 1. The van der Waals surface area contributed by atoms with Gasteiger partial charge in [-0.1, -0.05) is 13.8 Å². The molecule has 0 aromatic rings. The largest absolute Gasteiger partial charge is 0.450 e. The SMILES string of the molecule is CCC1OC2OC(C)=NC2C(OC)C1C. The molecule has 5 atom stereocenters. The molecule has 0 N–H and O–H groups in total. The Morgan fingerprint density at radius 3 is 2.80 bits per heavy atom. The molecule has 0 saturated carbocycles. The van der Waals surface area contributed by atoms with E-state index in [2.05, 4.69) is 18.8 Å². The van der Waals surface area contributed by atoms with Gasteiger partial charge in [0.1, 0.15) is 6.04 Å². The van der Waals surface area contributed by atoms with Crippen molar-refractivity contribution in [3.8, 4) is 0 Å². The Morgan fingerprint density at radius 2 is 2.20 bits per heavy atom. The third-order valence-corrected chi connectivity index (χ3v) is 3.32. The maximum Gasteiger partial charge on any atom is 0.226 e. The van der Waals surface area contributed by atoms with Crippen LogP contribution < -0.4 is 0 Å². The topological polar surface area (TPSA) is 40.0 Å². The highest BCUT2D eigenvalue weighted by Crippen LogP contribution is 2.34. The molecule has 2 heterocycles. The van der Waals surface area contributed by atoms with Crippen LogP contribution in [0.3, 0.4) is 0 Å². The highest BCUT2D eigenvalue weighted by atomic mass is 16.7. The summed E-state index contributed by atoms with van der Waals surface area (Å²) in [5.74, 6) is 1.07. The highest BCUT2D eigenvalue weighted by Gasteiger charge is 2.47. The maximum atomic E-state index is 5.86. The van der Waals surface area contributed by atoms with Gasteiger partial charge in [-0.15, -0.1) is 0 Å². The first-order valence-electron chi connectivity index (χ1n) is 5.56. The quantitative estimate of drug-likeness (QED) is 0.699. The van der Waals surface area contributed by atoms with Crippen LogP contribution in [-0.2, 0) is 14.2 Å². The second kappa shape index (κ2) is 4.10. The van der Waals surface area contributed by atoms with E-state index in [1.54, 1.807) is 7.11 Å². The molecule has 0 aromatic heterocycles. The van der Waals surface area contributed by atoms with Crippen molar-refractivity contribution in [1.82, 2.24) is 0 Å². The Hall–Kier alpha value is -0.610. The minimum absolute atomic E-state index is 0.00722. The standard InChI is InChI=1S/C11H19NO3/c1-5-8-6(2)10(13-4)9-11(15-8)14-7(3)12-9/h6,8-11H,5H2,1-4H3. The van der Waals surface area contributed by atoms with Gasteiger partial charge in [0.15, 0.2) is 5.90 Å². The summed E-state index contributed by atoms with van der Waals surface area (Å²) in [6, 6.07) is 0.00722. The first-order chi connectivity index (χ1) is 7.17. The van der Waals surface area contributed by atoms with Crippen LogP contribution in [0.15, 0.2) is 4.99 Å². The molecule has 2 aliphatic heterocycles. The van der Waals surface area contributed by atoms with Crippen molar-refractivity contribution < 1.29 is 14.2 Å². The van der Waals surface area contributed by atoms with Gasteiger partial charge in [-0.3, -0.25) is 0 Å². The van der Waals surface area contributed by atoms with Gasteiger partial charge in [0.05, 0.1) is 12.2 Å². The third kappa shape index (κ3) is 1.76. The van der Waals surface area contributed by atoms with E-state index >= 15 is 0 Å². The van der Waals surface area contributed by atoms with Crippen LogP contribution in [0.2, 0.25) is 0 Å². The van der Waals surface area contributed by atoms with Gasteiger partial charge in [0, 0.05) is 20.0 Å². The van der Waals surface area contributed by atoms with Crippen molar-refractivity contribution in [2.45, 2.75) is 51.7 Å². The van der Waals surface area contributed by atoms with E-state index in [0.29, 0.717) is 11.8 Å². The molecular weight excluding hydrogens is 194 g/mol. The average Bonchev–Trinajstić information content (AvgIpc) is 2.57. The van der Waals surface area contributed by atoms with Gasteiger partial charge in [0.25, 0.3) is 0 Å². The summed E-state index contributed by atoms with van der Waals surface area (Å²) in [4.78, 5) is 4.43. The predicted octanol–water partition coefficient (Wildman–Crippen LogP) is 1.59. The third-order valence-electron chi connectivity index (χ3n) is 3.32. The Kier molecular flexibility index (Phi) is 2.98. The Bertz CT molecular complexity index is 267. The summed E-state index contributed by atoms with van der Waals surface area (Å²) < 4.78 is 16.9. The number of hydrogen-bond acceptors (Lipinski definition) is 4. The van der Waals surface area contributed by atoms with E-state index < -0.39 is 0 Å². The summed E-state index contributed by atoms with van der Waals surface area (Å²) >= 11 is 0. The Morgan fingerprint density at radius 1 is 1.47 bits per heavy atom. The van der Waals surface area contributed by atoms with Gasteiger partial charge >= 0.3 is 0 Å². The minimum Gasteiger partial charge on any atom is -0.450 e. The van der Waals surface area contributed by atoms with Crippen molar-refractivity contribution in [2.75, 3.05) is 7.11 Å². The summed E-state index contributed by atoms with van der Waals surface area (Å²) in [6.45, 7) is 6.14. The van der Waals surface area contributed by atoms with Gasteiger partial charge in [-0.25, -0.2) is 4.99 Å². The van der Waals surface area contributed by atoms with Gasteiger partial charge in [0.2, 0.25) is 6.29 Å². The second-order valence-electron chi connectivity index (χ2n) is 4.27. The molecule has 0 spiro atoms. The molecule has 2 aliphatic rings. The molecule has 0 radical (unpaired) electrons. The van der Waals surface area contributed by atoms with E-state index in [9.17, 15) is 0 Å². The van der Waals surface area contributed by atoms with E-state index in [0.717, 1.165) is 6.42 Å². The number of fused-ring (bicyclic) bond motifs is 1. The van der Waals surface area contributed by atoms with Gasteiger partial charge in [-0.2, -0.15) is 0 Å². The van der Waals surface area contributed by atoms with E-state index in [1.807, 2.05) is 6.92 Å². The number of ether oxygens (including phenoxy) is 3. The summed E-state index contributed by atoms with van der Waals surface area (Å²) in [6.07, 6.45) is 1.05.